The number of hydrogen-bond donors (Lipinski definition) is 0. The molecule has 0 saturated carbocycles. The zero-order chi connectivity index (χ0) is 24.7. The van der Waals surface area contributed by atoms with Gasteiger partial charge in [0.2, 0.25) is 0 Å². The second-order valence-electron chi connectivity index (χ2n) is 8.59. The van der Waals surface area contributed by atoms with Crippen molar-refractivity contribution in [3.8, 4) is 0 Å². The van der Waals surface area contributed by atoms with Crippen molar-refractivity contribution in [1.82, 2.24) is 0 Å². The minimum atomic E-state index is -3.63. The summed E-state index contributed by atoms with van der Waals surface area (Å²) in [7, 11) is 0. The van der Waals surface area contributed by atoms with Crippen LogP contribution < -0.4 is 15.9 Å². The van der Waals surface area contributed by atoms with E-state index in [0.717, 1.165) is 27.2 Å². The maximum absolute atomic E-state index is 7.00. The minimum absolute atomic E-state index is 0.655. The van der Waals surface area contributed by atoms with Gasteiger partial charge >= 0.3 is 222 Å². The summed E-state index contributed by atoms with van der Waals surface area (Å²) in [6.45, 7) is 0. The molecule has 36 heavy (non-hydrogen) atoms. The molecule has 5 rings (SSSR count). The Bertz CT molecular complexity index is 1330. The Hall–Kier alpha value is -3.52. The van der Waals surface area contributed by atoms with E-state index < -0.39 is 5.53 Å². The number of nitrogens with zero attached hydrogens (tertiary/aromatic N) is 1. The fourth-order valence-electron chi connectivity index (χ4n) is 4.40. The van der Waals surface area contributed by atoms with E-state index in [9.17, 15) is 0 Å². The molecule has 0 unspecified atom stereocenters. The van der Waals surface area contributed by atoms with Crippen LogP contribution in [0.4, 0.5) is 0 Å². The van der Waals surface area contributed by atoms with Crippen LogP contribution in [-0.4, -0.2) is 5.71 Å². The van der Waals surface area contributed by atoms with Crippen LogP contribution in [-0.2, 0) is 11.0 Å². The Morgan fingerprint density at radius 2 is 0.889 bits per heavy atom. The quantitative estimate of drug-likeness (QED) is 0.112. The SMILES string of the molecule is BrP(O/N=C(\Cc1ccccc1)c1ccccc1)(c1ccccc1)(c1ccccc1)c1ccccc1. The van der Waals surface area contributed by atoms with E-state index in [-0.39, 0.29) is 0 Å². The molecule has 5 aromatic rings. The van der Waals surface area contributed by atoms with E-state index in [4.69, 9.17) is 9.78 Å². The molecular weight excluding hydrogens is 525 g/mol. The molecule has 0 atom stereocenters. The maximum atomic E-state index is 7.00. The van der Waals surface area contributed by atoms with Gasteiger partial charge in [-0.3, -0.25) is 0 Å². The van der Waals surface area contributed by atoms with Gasteiger partial charge in [0, 0.05) is 0 Å². The van der Waals surface area contributed by atoms with E-state index in [1.54, 1.807) is 0 Å². The first-order valence-corrected chi connectivity index (χ1v) is 16.1. The Kier molecular flexibility index (Phi) is 7.13. The van der Waals surface area contributed by atoms with E-state index in [1.165, 1.54) is 5.56 Å². The van der Waals surface area contributed by atoms with E-state index in [1.807, 2.05) is 42.5 Å². The summed E-state index contributed by atoms with van der Waals surface area (Å²) in [5, 5.41) is 8.15. The Labute approximate surface area is 221 Å². The van der Waals surface area contributed by atoms with Gasteiger partial charge in [0.15, 0.2) is 0 Å². The van der Waals surface area contributed by atoms with Crippen LogP contribution in [0.5, 0.6) is 0 Å². The van der Waals surface area contributed by atoms with Gasteiger partial charge in [0.1, 0.15) is 0 Å². The second kappa shape index (κ2) is 10.6. The van der Waals surface area contributed by atoms with Crippen molar-refractivity contribution in [2.75, 3.05) is 0 Å². The summed E-state index contributed by atoms with van der Waals surface area (Å²) >= 11 is 4.31. The number of benzene rings is 5. The van der Waals surface area contributed by atoms with Crippen molar-refractivity contribution in [3.63, 3.8) is 0 Å². The van der Waals surface area contributed by atoms with Crippen LogP contribution >= 0.6 is 21.0 Å². The summed E-state index contributed by atoms with van der Waals surface area (Å²) in [6, 6.07) is 51.8. The first-order valence-electron chi connectivity index (χ1n) is 11.9. The number of hydrogen-bond acceptors (Lipinski definition) is 2. The molecule has 0 heterocycles. The fraction of sp³-hybridized carbons (Fsp3) is 0.0312. The number of oxime groups is 1. The van der Waals surface area contributed by atoms with Crippen molar-refractivity contribution in [1.29, 1.82) is 0 Å². The fourth-order valence-corrected chi connectivity index (χ4v) is 10.3. The average Bonchev–Trinajstić information content (AvgIpc) is 2.97. The second-order valence-corrected chi connectivity index (χ2v) is 16.2. The van der Waals surface area contributed by atoms with Gasteiger partial charge in [0.05, 0.1) is 0 Å². The standard InChI is InChI=1S/C32H27BrNOP/c33-36(29-20-10-3-11-21-29,30-22-12-4-13-23-30,31-24-14-5-15-25-31)35-34-32(28-18-8-2-9-19-28)26-27-16-6-1-7-17-27/h1-25H,26H2/b34-32+. The van der Waals surface area contributed by atoms with Crippen molar-refractivity contribution in [3.05, 3.63) is 163 Å². The molecule has 0 aromatic heterocycles. The molecule has 0 aliphatic carbocycles. The molecule has 0 aliphatic heterocycles. The van der Waals surface area contributed by atoms with Gasteiger partial charge in [-0.25, -0.2) is 0 Å². The Balaban J connectivity index is 1.75. The molecule has 0 amide bonds. The molecule has 178 valence electrons. The third-order valence-electron chi connectivity index (χ3n) is 6.28. The monoisotopic (exact) mass is 551 g/mol. The number of halogens is 1. The van der Waals surface area contributed by atoms with E-state index in [2.05, 4.69) is 125 Å². The summed E-state index contributed by atoms with van der Waals surface area (Å²) in [5.41, 5.74) is -0.546. The molecule has 0 aliphatic rings. The third-order valence-corrected chi connectivity index (χ3v) is 14.4. The topological polar surface area (TPSA) is 21.6 Å². The normalized spacial score (nSPS) is 12.9. The Morgan fingerprint density at radius 1 is 0.528 bits per heavy atom. The van der Waals surface area contributed by atoms with Crippen LogP contribution in [0, 0.1) is 0 Å². The molecule has 0 bridgehead atoms. The molecule has 2 nitrogen and oxygen atoms in total. The number of rotatable bonds is 8. The van der Waals surface area contributed by atoms with Crippen molar-refractivity contribution in [2.24, 2.45) is 5.16 Å². The van der Waals surface area contributed by atoms with Crippen LogP contribution in [0.3, 0.4) is 0 Å². The van der Waals surface area contributed by atoms with Crippen LogP contribution in [0.2, 0.25) is 0 Å². The van der Waals surface area contributed by atoms with Gasteiger partial charge < -0.3 is 0 Å². The van der Waals surface area contributed by atoms with Crippen LogP contribution in [0.25, 0.3) is 0 Å². The van der Waals surface area contributed by atoms with Gasteiger partial charge in [-0.15, -0.1) is 0 Å². The molecule has 0 saturated heterocycles. The van der Waals surface area contributed by atoms with Crippen LogP contribution in [0.15, 0.2) is 157 Å². The van der Waals surface area contributed by atoms with Gasteiger partial charge in [-0.1, -0.05) is 0 Å². The van der Waals surface area contributed by atoms with Crippen molar-refractivity contribution < 1.29 is 4.62 Å². The van der Waals surface area contributed by atoms with Crippen molar-refractivity contribution in [2.45, 2.75) is 6.42 Å². The van der Waals surface area contributed by atoms with E-state index in [0.29, 0.717) is 6.42 Å². The Morgan fingerprint density at radius 3 is 1.31 bits per heavy atom. The van der Waals surface area contributed by atoms with Crippen LogP contribution in [0.1, 0.15) is 11.1 Å². The zero-order valence-electron chi connectivity index (χ0n) is 19.8. The molecule has 0 N–H and O–H groups in total. The molecule has 0 spiro atoms. The molecule has 4 heteroatoms. The third kappa shape index (κ3) is 4.65. The average molecular weight is 552 g/mol. The van der Waals surface area contributed by atoms with Gasteiger partial charge in [0.25, 0.3) is 0 Å². The first kappa shape index (κ1) is 24.2. The molecule has 0 fully saturated rings. The molecule has 0 radical (unpaired) electrons. The summed E-state index contributed by atoms with van der Waals surface area (Å²) < 4.78 is 7.00. The summed E-state index contributed by atoms with van der Waals surface area (Å²) in [4.78, 5) is 0. The summed E-state index contributed by atoms with van der Waals surface area (Å²) in [5.74, 6) is 0. The predicted molar refractivity (Wildman–Crippen MR) is 158 cm³/mol. The predicted octanol–water partition coefficient (Wildman–Crippen LogP) is 7.40. The van der Waals surface area contributed by atoms with Gasteiger partial charge in [-0.2, -0.15) is 0 Å². The molecular formula is C32H27BrNOP. The first-order chi connectivity index (χ1) is 17.7. The van der Waals surface area contributed by atoms with E-state index >= 15 is 0 Å². The molecule has 5 aromatic carbocycles. The summed E-state index contributed by atoms with van der Waals surface area (Å²) in [6.07, 6.45) is 0.655. The van der Waals surface area contributed by atoms with Gasteiger partial charge in [-0.05, 0) is 0 Å². The van der Waals surface area contributed by atoms with Crippen molar-refractivity contribution >= 4 is 42.6 Å². The zero-order valence-corrected chi connectivity index (χ0v) is 22.3.